The van der Waals surface area contributed by atoms with E-state index >= 15 is 0 Å². The van der Waals surface area contributed by atoms with Crippen molar-refractivity contribution in [2.24, 2.45) is 5.92 Å². The van der Waals surface area contributed by atoms with E-state index in [1.54, 1.807) is 25.1 Å². The Hall–Kier alpha value is -2.20. The number of carbonyl (C=O) groups is 2. The Labute approximate surface area is 137 Å². The van der Waals surface area contributed by atoms with Crippen molar-refractivity contribution < 1.29 is 18.5 Å². The Morgan fingerprint density at radius 3 is 2.65 bits per heavy atom. The molecule has 23 heavy (non-hydrogen) atoms. The maximum atomic E-state index is 12.1. The van der Waals surface area contributed by atoms with Gasteiger partial charge < -0.3 is 10.1 Å². The highest BCUT2D eigenvalue weighted by atomic mass is 32.2. The van der Waals surface area contributed by atoms with Gasteiger partial charge in [-0.2, -0.15) is 5.26 Å². The van der Waals surface area contributed by atoms with Crippen LogP contribution in [0.15, 0.2) is 29.2 Å². The molecule has 7 heteroatoms. The van der Waals surface area contributed by atoms with E-state index in [1.165, 1.54) is 12.3 Å². The maximum absolute atomic E-state index is 12.1. The number of nitriles is 1. The summed E-state index contributed by atoms with van der Waals surface area (Å²) in [5.74, 6) is -1.09. The van der Waals surface area contributed by atoms with Gasteiger partial charge in [0.2, 0.25) is 0 Å². The molecule has 0 unspecified atom stereocenters. The summed E-state index contributed by atoms with van der Waals surface area (Å²) in [7, 11) is -1.34. The highest BCUT2D eigenvalue weighted by molar-refractivity contribution is 7.84. The Balaban J connectivity index is 1.96. The first kappa shape index (κ1) is 17.2. The molecule has 122 valence electrons. The number of ether oxygens (including phenoxy) is 1. The topological polar surface area (TPSA) is 96.3 Å². The van der Waals surface area contributed by atoms with Gasteiger partial charge in [0.25, 0.3) is 5.91 Å². The van der Waals surface area contributed by atoms with E-state index in [-0.39, 0.29) is 11.5 Å². The van der Waals surface area contributed by atoms with E-state index in [4.69, 9.17) is 4.74 Å². The number of amides is 1. The summed E-state index contributed by atoms with van der Waals surface area (Å²) in [6.45, 7) is 1.19. The van der Waals surface area contributed by atoms with Crippen molar-refractivity contribution in [2.75, 3.05) is 12.9 Å². The lowest BCUT2D eigenvalue weighted by molar-refractivity contribution is -0.125. The van der Waals surface area contributed by atoms with E-state index in [2.05, 4.69) is 11.4 Å². The molecular formula is C16H18N2O4S. The summed E-state index contributed by atoms with van der Waals surface area (Å²) >= 11 is 0. The Bertz CT molecular complexity index is 694. The molecule has 0 spiro atoms. The molecular weight excluding hydrogens is 316 g/mol. The monoisotopic (exact) mass is 334 g/mol. The number of hydrogen-bond acceptors (Lipinski definition) is 5. The number of rotatable bonds is 6. The fourth-order valence-electron chi connectivity index (χ4n) is 2.30. The zero-order valence-electron chi connectivity index (χ0n) is 13.0. The average Bonchev–Trinajstić information content (AvgIpc) is 3.37. The maximum Gasteiger partial charge on any atom is 0.339 e. The van der Waals surface area contributed by atoms with Gasteiger partial charge in [0, 0.05) is 6.26 Å². The lowest BCUT2D eigenvalue weighted by Gasteiger charge is -2.22. The van der Waals surface area contributed by atoms with Gasteiger partial charge in [-0.25, -0.2) is 4.79 Å². The highest BCUT2D eigenvalue weighted by Crippen LogP contribution is 2.39. The zero-order valence-corrected chi connectivity index (χ0v) is 13.8. The normalized spacial score (nSPS) is 17.4. The van der Waals surface area contributed by atoms with Crippen LogP contribution in [-0.2, 0) is 20.3 Å². The molecule has 2 rings (SSSR count). The van der Waals surface area contributed by atoms with Crippen LogP contribution in [-0.4, -0.2) is 34.5 Å². The lowest BCUT2D eigenvalue weighted by Crippen LogP contribution is -2.48. The van der Waals surface area contributed by atoms with Gasteiger partial charge in [0.05, 0.1) is 27.3 Å². The molecule has 0 radical (unpaired) electrons. The lowest BCUT2D eigenvalue weighted by atomic mass is 9.98. The Morgan fingerprint density at radius 1 is 1.43 bits per heavy atom. The standard InChI is InChI=1S/C16H18N2O4S/c1-16(10-17,11-7-8-11)18-14(19)9-22-15(20)12-5-3-4-6-13(12)23(2)21/h3-6,11H,7-9H2,1-2H3,(H,18,19)/t16-,23+/m1/s1. The first-order chi connectivity index (χ1) is 10.9. The number of hydrogen-bond donors (Lipinski definition) is 1. The van der Waals surface area contributed by atoms with Crippen LogP contribution in [0, 0.1) is 17.2 Å². The molecule has 1 fully saturated rings. The third-order valence-electron chi connectivity index (χ3n) is 3.78. The highest BCUT2D eigenvalue weighted by Gasteiger charge is 2.43. The third kappa shape index (κ3) is 4.17. The van der Waals surface area contributed by atoms with Gasteiger partial charge in [-0.05, 0) is 37.8 Å². The van der Waals surface area contributed by atoms with Crippen molar-refractivity contribution in [1.82, 2.24) is 5.32 Å². The van der Waals surface area contributed by atoms with Gasteiger partial charge in [0.1, 0.15) is 5.54 Å². The summed E-state index contributed by atoms with van der Waals surface area (Å²) in [5, 5.41) is 11.8. The summed E-state index contributed by atoms with van der Waals surface area (Å²) in [4.78, 5) is 24.3. The van der Waals surface area contributed by atoms with Crippen molar-refractivity contribution in [3.63, 3.8) is 0 Å². The summed E-state index contributed by atoms with van der Waals surface area (Å²) in [6.07, 6.45) is 3.27. The van der Waals surface area contributed by atoms with Crippen molar-refractivity contribution in [3.05, 3.63) is 29.8 Å². The van der Waals surface area contributed by atoms with Crippen molar-refractivity contribution in [1.29, 1.82) is 5.26 Å². The molecule has 1 aliphatic rings. The predicted octanol–water partition coefficient (Wildman–Crippen LogP) is 1.39. The van der Waals surface area contributed by atoms with Crippen LogP contribution in [0.5, 0.6) is 0 Å². The molecule has 0 aromatic heterocycles. The molecule has 0 saturated heterocycles. The molecule has 1 aliphatic carbocycles. The van der Waals surface area contributed by atoms with Crippen LogP contribution in [0.3, 0.4) is 0 Å². The van der Waals surface area contributed by atoms with Gasteiger partial charge in [-0.3, -0.25) is 9.00 Å². The molecule has 1 amide bonds. The SMILES string of the molecule is C[S@](=O)c1ccccc1C(=O)OCC(=O)N[C@](C)(C#N)C1CC1. The average molecular weight is 334 g/mol. The van der Waals surface area contributed by atoms with Gasteiger partial charge in [-0.15, -0.1) is 0 Å². The van der Waals surface area contributed by atoms with Crippen molar-refractivity contribution in [2.45, 2.75) is 30.2 Å². The zero-order chi connectivity index (χ0) is 17.0. The molecule has 6 nitrogen and oxygen atoms in total. The largest absolute Gasteiger partial charge is 0.452 e. The van der Waals surface area contributed by atoms with Crippen molar-refractivity contribution >= 4 is 22.7 Å². The molecule has 2 atom stereocenters. The second kappa shape index (κ2) is 6.92. The predicted molar refractivity (Wildman–Crippen MR) is 83.9 cm³/mol. The number of nitrogens with zero attached hydrogens (tertiary/aromatic N) is 1. The van der Waals surface area contributed by atoms with E-state index in [0.717, 1.165) is 12.8 Å². The fraction of sp³-hybridized carbons (Fsp3) is 0.438. The van der Waals surface area contributed by atoms with Crippen molar-refractivity contribution in [3.8, 4) is 6.07 Å². The first-order valence-corrected chi connectivity index (χ1v) is 8.75. The molecule has 0 aliphatic heterocycles. The molecule has 1 N–H and O–H groups in total. The Morgan fingerprint density at radius 2 is 2.09 bits per heavy atom. The first-order valence-electron chi connectivity index (χ1n) is 7.19. The van der Waals surface area contributed by atoms with E-state index in [9.17, 15) is 19.1 Å². The third-order valence-corrected chi connectivity index (χ3v) is 4.75. The smallest absolute Gasteiger partial charge is 0.339 e. The second-order valence-electron chi connectivity index (χ2n) is 5.66. The molecule has 1 aromatic rings. The fourth-order valence-corrected chi connectivity index (χ4v) is 3.03. The minimum absolute atomic E-state index is 0.149. The molecule has 1 saturated carbocycles. The number of nitrogens with one attached hydrogen (secondary N) is 1. The molecule has 0 heterocycles. The van der Waals surface area contributed by atoms with Crippen LogP contribution in [0.4, 0.5) is 0 Å². The Kier molecular flexibility index (Phi) is 5.16. The van der Waals surface area contributed by atoms with E-state index in [1.807, 2.05) is 0 Å². The van der Waals surface area contributed by atoms with Crippen LogP contribution >= 0.6 is 0 Å². The minimum atomic E-state index is -1.34. The van der Waals surface area contributed by atoms with E-state index < -0.39 is 34.8 Å². The van der Waals surface area contributed by atoms with Crippen LogP contribution in [0.25, 0.3) is 0 Å². The van der Waals surface area contributed by atoms with Crippen LogP contribution in [0.2, 0.25) is 0 Å². The summed E-state index contributed by atoms with van der Waals surface area (Å²) in [5.41, 5.74) is -0.752. The van der Waals surface area contributed by atoms with Crippen LogP contribution in [0.1, 0.15) is 30.1 Å². The van der Waals surface area contributed by atoms with Crippen LogP contribution < -0.4 is 5.32 Å². The molecule has 1 aromatic carbocycles. The quantitative estimate of drug-likeness (QED) is 0.793. The van der Waals surface area contributed by atoms with E-state index in [0.29, 0.717) is 4.90 Å². The minimum Gasteiger partial charge on any atom is -0.452 e. The number of carbonyl (C=O) groups excluding carboxylic acids is 2. The molecule has 0 bridgehead atoms. The number of esters is 1. The number of benzene rings is 1. The van der Waals surface area contributed by atoms with Gasteiger partial charge >= 0.3 is 5.97 Å². The van der Waals surface area contributed by atoms with Gasteiger partial charge in [-0.1, -0.05) is 12.1 Å². The summed E-state index contributed by atoms with van der Waals surface area (Å²) in [6, 6.07) is 8.49. The van der Waals surface area contributed by atoms with Gasteiger partial charge in [0.15, 0.2) is 6.61 Å². The summed E-state index contributed by atoms with van der Waals surface area (Å²) < 4.78 is 16.6. The second-order valence-corrected chi connectivity index (χ2v) is 7.01.